The number of nitrogens with one attached hydrogen (secondary N) is 2. The largest absolute Gasteiger partial charge is 0.361 e. The third-order valence-electron chi connectivity index (χ3n) is 5.01. The third kappa shape index (κ3) is 6.40. The molecule has 0 radical (unpaired) electrons. The predicted octanol–water partition coefficient (Wildman–Crippen LogP) is 3.35. The molecule has 1 aromatic rings. The molecule has 2 heterocycles. The Kier molecular flexibility index (Phi) is 11.2. The maximum atomic E-state index is 5.45. The minimum atomic E-state index is 0. The van der Waals surface area contributed by atoms with Crippen molar-refractivity contribution in [3.8, 4) is 0 Å². The van der Waals surface area contributed by atoms with E-state index in [2.05, 4.69) is 48.4 Å². The lowest BCUT2D eigenvalue weighted by atomic mass is 10.0. The van der Waals surface area contributed by atoms with Crippen LogP contribution in [-0.2, 0) is 19.4 Å². The number of piperidine rings is 1. The molecule has 150 valence electrons. The summed E-state index contributed by atoms with van der Waals surface area (Å²) >= 11 is 0. The lowest BCUT2D eigenvalue weighted by Gasteiger charge is -2.35. The molecule has 26 heavy (non-hydrogen) atoms. The summed E-state index contributed by atoms with van der Waals surface area (Å²) in [5, 5.41) is 11.1. The first-order valence-corrected chi connectivity index (χ1v) is 9.95. The Morgan fingerprint density at radius 2 is 2.00 bits per heavy atom. The number of hydrogen-bond acceptors (Lipinski definition) is 4. The lowest BCUT2D eigenvalue weighted by Crippen LogP contribution is -2.49. The Bertz CT molecular complexity index is 525. The van der Waals surface area contributed by atoms with Crippen LogP contribution in [0.4, 0.5) is 0 Å². The molecule has 1 atom stereocenters. The summed E-state index contributed by atoms with van der Waals surface area (Å²) in [4.78, 5) is 7.36. The van der Waals surface area contributed by atoms with Gasteiger partial charge in [-0.1, -0.05) is 32.3 Å². The summed E-state index contributed by atoms with van der Waals surface area (Å²) in [6.45, 7) is 13.3. The molecular formula is C19H36IN5O. The number of guanidine groups is 1. The summed E-state index contributed by atoms with van der Waals surface area (Å²) in [6, 6.07) is 0.607. The molecule has 0 aromatic carbocycles. The van der Waals surface area contributed by atoms with E-state index in [0.29, 0.717) is 12.6 Å². The van der Waals surface area contributed by atoms with Gasteiger partial charge in [-0.2, -0.15) is 0 Å². The zero-order valence-corrected chi connectivity index (χ0v) is 19.1. The van der Waals surface area contributed by atoms with Gasteiger partial charge in [-0.25, -0.2) is 4.99 Å². The van der Waals surface area contributed by atoms with E-state index in [1.807, 2.05) is 0 Å². The summed E-state index contributed by atoms with van der Waals surface area (Å²) in [5.74, 6) is 1.84. The predicted molar refractivity (Wildman–Crippen MR) is 118 cm³/mol. The Morgan fingerprint density at radius 1 is 1.19 bits per heavy atom. The van der Waals surface area contributed by atoms with Crippen molar-refractivity contribution in [2.24, 2.45) is 4.99 Å². The Morgan fingerprint density at radius 3 is 2.65 bits per heavy atom. The van der Waals surface area contributed by atoms with Gasteiger partial charge in [0.05, 0.1) is 12.2 Å². The Balaban J connectivity index is 0.00000338. The Labute approximate surface area is 175 Å². The van der Waals surface area contributed by atoms with Crippen molar-refractivity contribution in [1.82, 2.24) is 20.7 Å². The highest BCUT2D eigenvalue weighted by Crippen LogP contribution is 2.17. The van der Waals surface area contributed by atoms with Crippen LogP contribution in [0.1, 0.15) is 64.0 Å². The molecule has 0 amide bonds. The van der Waals surface area contributed by atoms with Gasteiger partial charge in [0.2, 0.25) is 0 Å². The van der Waals surface area contributed by atoms with Gasteiger partial charge in [0, 0.05) is 31.1 Å². The van der Waals surface area contributed by atoms with Crippen molar-refractivity contribution >= 4 is 29.9 Å². The topological polar surface area (TPSA) is 65.7 Å². The molecule has 1 unspecified atom stereocenters. The number of likely N-dealkylation sites (N-methyl/N-ethyl adjacent to an activating group) is 1. The van der Waals surface area contributed by atoms with Crippen LogP contribution in [0.3, 0.4) is 0 Å². The second-order valence-corrected chi connectivity index (χ2v) is 6.59. The van der Waals surface area contributed by atoms with E-state index in [1.54, 1.807) is 0 Å². The zero-order valence-electron chi connectivity index (χ0n) is 16.8. The van der Waals surface area contributed by atoms with Crippen molar-refractivity contribution in [1.29, 1.82) is 0 Å². The second kappa shape index (κ2) is 12.5. The van der Waals surface area contributed by atoms with Gasteiger partial charge in [0.25, 0.3) is 0 Å². The molecular weight excluding hydrogens is 441 g/mol. The molecule has 7 heteroatoms. The van der Waals surface area contributed by atoms with Crippen molar-refractivity contribution in [2.75, 3.05) is 26.2 Å². The van der Waals surface area contributed by atoms with E-state index in [1.165, 1.54) is 25.8 Å². The van der Waals surface area contributed by atoms with Crippen LogP contribution in [0, 0.1) is 0 Å². The normalized spacial score (nSPS) is 18.5. The number of rotatable bonds is 8. The van der Waals surface area contributed by atoms with Gasteiger partial charge >= 0.3 is 0 Å². The number of aliphatic imine (C=N–C) groups is 1. The number of aryl methyl sites for hydroxylation is 2. The van der Waals surface area contributed by atoms with Gasteiger partial charge < -0.3 is 15.2 Å². The molecule has 1 aliphatic rings. The second-order valence-electron chi connectivity index (χ2n) is 6.59. The average molecular weight is 477 g/mol. The molecule has 1 fully saturated rings. The maximum Gasteiger partial charge on any atom is 0.191 e. The van der Waals surface area contributed by atoms with Gasteiger partial charge in [-0.05, 0) is 39.3 Å². The van der Waals surface area contributed by atoms with Crippen molar-refractivity contribution < 1.29 is 4.52 Å². The summed E-state index contributed by atoms with van der Waals surface area (Å²) in [5.41, 5.74) is 2.18. The van der Waals surface area contributed by atoms with Crippen LogP contribution in [-0.4, -0.2) is 48.2 Å². The maximum absolute atomic E-state index is 5.45. The fraction of sp³-hybridized carbons (Fsp3) is 0.789. The van der Waals surface area contributed by atoms with Gasteiger partial charge in [0.1, 0.15) is 5.76 Å². The number of nitrogens with zero attached hydrogens (tertiary/aromatic N) is 3. The van der Waals surface area contributed by atoms with E-state index in [9.17, 15) is 0 Å². The van der Waals surface area contributed by atoms with E-state index in [-0.39, 0.29) is 24.0 Å². The number of halogens is 1. The highest BCUT2D eigenvalue weighted by molar-refractivity contribution is 14.0. The smallest absolute Gasteiger partial charge is 0.191 e. The SMILES string of the molecule is CCNC(=NCc1c(CC)noc1CC)NCC1CCCCN1CC.I. The van der Waals surface area contributed by atoms with Gasteiger partial charge in [-0.15, -0.1) is 24.0 Å². The average Bonchev–Trinajstić information content (AvgIpc) is 3.06. The van der Waals surface area contributed by atoms with Crippen LogP contribution in [0.25, 0.3) is 0 Å². The quantitative estimate of drug-likeness (QED) is 0.342. The van der Waals surface area contributed by atoms with E-state index >= 15 is 0 Å². The lowest BCUT2D eigenvalue weighted by molar-refractivity contribution is 0.157. The number of likely N-dealkylation sites (tertiary alicyclic amines) is 1. The van der Waals surface area contributed by atoms with Crippen LogP contribution in [0.5, 0.6) is 0 Å². The first-order chi connectivity index (χ1) is 12.2. The molecule has 2 N–H and O–H groups in total. The fourth-order valence-electron chi connectivity index (χ4n) is 3.54. The highest BCUT2D eigenvalue weighted by Gasteiger charge is 2.21. The summed E-state index contributed by atoms with van der Waals surface area (Å²) in [7, 11) is 0. The minimum absolute atomic E-state index is 0. The fourth-order valence-corrected chi connectivity index (χ4v) is 3.54. The molecule has 0 bridgehead atoms. The first-order valence-electron chi connectivity index (χ1n) is 9.95. The Hall–Kier alpha value is -0.830. The summed E-state index contributed by atoms with van der Waals surface area (Å²) in [6.07, 6.45) is 5.66. The minimum Gasteiger partial charge on any atom is -0.361 e. The molecule has 0 saturated carbocycles. The van der Waals surface area contributed by atoms with Gasteiger partial charge in [0.15, 0.2) is 5.96 Å². The number of hydrogen-bond donors (Lipinski definition) is 2. The van der Waals surface area contributed by atoms with Crippen LogP contribution >= 0.6 is 24.0 Å². The van der Waals surface area contributed by atoms with E-state index < -0.39 is 0 Å². The van der Waals surface area contributed by atoms with E-state index in [4.69, 9.17) is 9.52 Å². The molecule has 2 rings (SSSR count). The molecule has 1 aromatic heterocycles. The van der Waals surface area contributed by atoms with Crippen molar-refractivity contribution in [3.05, 3.63) is 17.0 Å². The third-order valence-corrected chi connectivity index (χ3v) is 5.01. The van der Waals surface area contributed by atoms with Crippen LogP contribution in [0.2, 0.25) is 0 Å². The molecule has 1 aliphatic heterocycles. The monoisotopic (exact) mass is 477 g/mol. The molecule has 0 aliphatic carbocycles. The van der Waals surface area contributed by atoms with Gasteiger partial charge in [-0.3, -0.25) is 4.90 Å². The highest BCUT2D eigenvalue weighted by atomic mass is 127. The number of aromatic nitrogens is 1. The standard InChI is InChI=1S/C19H35N5O.HI/c1-5-17-16(18(6-2)25-23-17)14-22-19(20-7-3)21-13-15-11-9-10-12-24(15)8-4;/h15H,5-14H2,1-4H3,(H2,20,21,22);1H. The first kappa shape index (κ1) is 23.2. The van der Waals surface area contributed by atoms with Crippen molar-refractivity contribution in [2.45, 2.75) is 72.4 Å². The van der Waals surface area contributed by atoms with E-state index in [0.717, 1.165) is 55.5 Å². The summed E-state index contributed by atoms with van der Waals surface area (Å²) < 4.78 is 5.45. The van der Waals surface area contributed by atoms with Crippen molar-refractivity contribution in [3.63, 3.8) is 0 Å². The van der Waals surface area contributed by atoms with Crippen LogP contribution in [0.15, 0.2) is 9.52 Å². The van der Waals surface area contributed by atoms with Crippen LogP contribution < -0.4 is 10.6 Å². The molecule has 0 spiro atoms. The molecule has 1 saturated heterocycles. The zero-order chi connectivity index (χ0) is 18.1. The molecule has 6 nitrogen and oxygen atoms in total.